The normalized spacial score (nSPS) is 12.0. The van der Waals surface area contributed by atoms with Gasteiger partial charge in [0, 0.05) is 24.4 Å². The van der Waals surface area contributed by atoms with Crippen LogP contribution >= 0.6 is 0 Å². The average Bonchev–Trinajstić information content (AvgIpc) is 2.67. The summed E-state index contributed by atoms with van der Waals surface area (Å²) in [5.41, 5.74) is 1.40. The van der Waals surface area contributed by atoms with Gasteiger partial charge < -0.3 is 10.2 Å². The Bertz CT molecular complexity index is 879. The summed E-state index contributed by atoms with van der Waals surface area (Å²) in [6.07, 6.45) is 0. The molecule has 3 rings (SSSR count). The quantitative estimate of drug-likeness (QED) is 0.775. The zero-order chi connectivity index (χ0) is 17.8. The third kappa shape index (κ3) is 3.45. The van der Waals surface area contributed by atoms with Gasteiger partial charge in [-0.05, 0) is 19.4 Å². The van der Waals surface area contributed by atoms with Crippen LogP contribution in [0, 0.1) is 0 Å². The van der Waals surface area contributed by atoms with Crippen LogP contribution < -0.4 is 10.2 Å². The summed E-state index contributed by atoms with van der Waals surface area (Å²) in [7, 11) is 1.97. The predicted octanol–water partition coefficient (Wildman–Crippen LogP) is 3.58. The molecule has 1 aromatic heterocycles. The maximum atomic E-state index is 12.8. The SMILES string of the molecule is CCN(C)c1nnc(C(=O)NC(C)c2ccccc2)c2ccccc12. The number of nitrogens with one attached hydrogen (secondary N) is 1. The molecule has 5 heteroatoms. The van der Waals surface area contributed by atoms with Crippen LogP contribution in [0.15, 0.2) is 54.6 Å². The lowest BCUT2D eigenvalue weighted by Crippen LogP contribution is -2.28. The van der Waals surface area contributed by atoms with Crippen molar-refractivity contribution < 1.29 is 4.79 Å². The molecule has 0 spiro atoms. The fourth-order valence-corrected chi connectivity index (χ4v) is 2.78. The minimum absolute atomic E-state index is 0.104. The Balaban J connectivity index is 1.95. The molecule has 3 aromatic rings. The van der Waals surface area contributed by atoms with Crippen LogP contribution in [-0.2, 0) is 0 Å². The van der Waals surface area contributed by atoms with Crippen LogP contribution in [-0.4, -0.2) is 29.7 Å². The molecule has 25 heavy (non-hydrogen) atoms. The summed E-state index contributed by atoms with van der Waals surface area (Å²) in [4.78, 5) is 14.8. The van der Waals surface area contributed by atoms with Gasteiger partial charge in [0.15, 0.2) is 11.5 Å². The highest BCUT2D eigenvalue weighted by atomic mass is 16.2. The molecule has 1 atom stereocenters. The van der Waals surface area contributed by atoms with E-state index in [0.717, 1.165) is 28.7 Å². The first-order valence-corrected chi connectivity index (χ1v) is 8.44. The summed E-state index contributed by atoms with van der Waals surface area (Å²) >= 11 is 0. The Morgan fingerprint density at radius 1 is 1.04 bits per heavy atom. The van der Waals surface area contributed by atoms with E-state index in [2.05, 4.69) is 22.4 Å². The summed E-state index contributed by atoms with van der Waals surface area (Å²) in [5, 5.41) is 13.3. The summed E-state index contributed by atoms with van der Waals surface area (Å²) in [6.45, 7) is 4.83. The Morgan fingerprint density at radius 3 is 2.36 bits per heavy atom. The van der Waals surface area contributed by atoms with Gasteiger partial charge >= 0.3 is 0 Å². The van der Waals surface area contributed by atoms with Gasteiger partial charge in [-0.3, -0.25) is 4.79 Å². The van der Waals surface area contributed by atoms with Crippen molar-refractivity contribution in [1.29, 1.82) is 0 Å². The monoisotopic (exact) mass is 334 g/mol. The second kappa shape index (κ2) is 7.30. The minimum Gasteiger partial charge on any atom is -0.358 e. The van der Waals surface area contributed by atoms with E-state index in [0.29, 0.717) is 5.69 Å². The average molecular weight is 334 g/mol. The smallest absolute Gasteiger partial charge is 0.272 e. The minimum atomic E-state index is -0.217. The number of rotatable bonds is 5. The van der Waals surface area contributed by atoms with Crippen molar-refractivity contribution >= 4 is 22.5 Å². The molecular formula is C20H22N4O. The van der Waals surface area contributed by atoms with Gasteiger partial charge in [0.05, 0.1) is 6.04 Å². The van der Waals surface area contributed by atoms with E-state index >= 15 is 0 Å². The Morgan fingerprint density at radius 2 is 1.68 bits per heavy atom. The molecule has 1 heterocycles. The molecule has 1 unspecified atom stereocenters. The lowest BCUT2D eigenvalue weighted by molar-refractivity contribution is 0.0936. The number of benzene rings is 2. The Kier molecular flexibility index (Phi) is 4.93. The Hall–Kier alpha value is -2.95. The molecule has 128 valence electrons. The highest BCUT2D eigenvalue weighted by molar-refractivity contribution is 6.07. The standard InChI is InChI=1S/C20H22N4O/c1-4-24(3)19-17-13-9-8-12-16(17)18(22-23-19)20(25)21-14(2)15-10-6-5-7-11-15/h5-14H,4H2,1-3H3,(H,21,25). The summed E-state index contributed by atoms with van der Waals surface area (Å²) in [5.74, 6) is 0.566. The van der Waals surface area contributed by atoms with Gasteiger partial charge in [-0.1, -0.05) is 54.6 Å². The van der Waals surface area contributed by atoms with E-state index in [1.807, 2.05) is 73.5 Å². The number of hydrogen-bond donors (Lipinski definition) is 1. The maximum Gasteiger partial charge on any atom is 0.272 e. The molecule has 0 aliphatic heterocycles. The van der Waals surface area contributed by atoms with Crippen molar-refractivity contribution in [2.75, 3.05) is 18.5 Å². The first-order valence-electron chi connectivity index (χ1n) is 8.44. The van der Waals surface area contributed by atoms with Crippen molar-refractivity contribution in [3.63, 3.8) is 0 Å². The molecule has 0 saturated heterocycles. The first-order chi connectivity index (χ1) is 12.1. The van der Waals surface area contributed by atoms with E-state index in [1.54, 1.807) is 0 Å². The topological polar surface area (TPSA) is 58.1 Å². The molecule has 5 nitrogen and oxygen atoms in total. The van der Waals surface area contributed by atoms with Crippen LogP contribution in [0.5, 0.6) is 0 Å². The molecule has 0 fully saturated rings. The van der Waals surface area contributed by atoms with Crippen LogP contribution in [0.2, 0.25) is 0 Å². The zero-order valence-electron chi connectivity index (χ0n) is 14.7. The predicted molar refractivity (Wildman–Crippen MR) is 101 cm³/mol. The van der Waals surface area contributed by atoms with E-state index < -0.39 is 0 Å². The largest absolute Gasteiger partial charge is 0.358 e. The molecule has 1 N–H and O–H groups in total. The van der Waals surface area contributed by atoms with Crippen LogP contribution in [0.1, 0.15) is 35.9 Å². The van der Waals surface area contributed by atoms with Crippen molar-refractivity contribution in [2.24, 2.45) is 0 Å². The van der Waals surface area contributed by atoms with Gasteiger partial charge in [0.1, 0.15) is 0 Å². The number of fused-ring (bicyclic) bond motifs is 1. The summed E-state index contributed by atoms with van der Waals surface area (Å²) < 4.78 is 0. The lowest BCUT2D eigenvalue weighted by atomic mass is 10.1. The van der Waals surface area contributed by atoms with E-state index in [9.17, 15) is 4.79 Å². The van der Waals surface area contributed by atoms with Crippen molar-refractivity contribution in [3.05, 3.63) is 65.9 Å². The van der Waals surface area contributed by atoms with Crippen molar-refractivity contribution in [3.8, 4) is 0 Å². The number of amides is 1. The molecule has 1 amide bonds. The molecule has 0 bridgehead atoms. The Labute approximate surface area is 147 Å². The molecule has 0 saturated carbocycles. The van der Waals surface area contributed by atoms with Crippen LogP contribution in [0.4, 0.5) is 5.82 Å². The fourth-order valence-electron chi connectivity index (χ4n) is 2.78. The molecular weight excluding hydrogens is 312 g/mol. The number of hydrogen-bond acceptors (Lipinski definition) is 4. The van der Waals surface area contributed by atoms with E-state index in [-0.39, 0.29) is 11.9 Å². The van der Waals surface area contributed by atoms with Crippen LogP contribution in [0.25, 0.3) is 10.8 Å². The molecule has 0 aliphatic rings. The van der Waals surface area contributed by atoms with E-state index in [1.165, 1.54) is 0 Å². The van der Waals surface area contributed by atoms with Crippen molar-refractivity contribution in [1.82, 2.24) is 15.5 Å². The first kappa shape index (κ1) is 16.9. The third-order valence-electron chi connectivity index (χ3n) is 4.37. The molecule has 0 aliphatic carbocycles. The number of anilines is 1. The number of carbonyl (C=O) groups is 1. The third-order valence-corrected chi connectivity index (χ3v) is 4.37. The summed E-state index contributed by atoms with van der Waals surface area (Å²) in [6, 6.07) is 17.5. The van der Waals surface area contributed by atoms with Crippen molar-refractivity contribution in [2.45, 2.75) is 19.9 Å². The number of carbonyl (C=O) groups excluding carboxylic acids is 1. The van der Waals surface area contributed by atoms with Gasteiger partial charge in [-0.15, -0.1) is 10.2 Å². The van der Waals surface area contributed by atoms with Gasteiger partial charge in [-0.25, -0.2) is 0 Å². The van der Waals surface area contributed by atoms with Gasteiger partial charge in [0.2, 0.25) is 0 Å². The highest BCUT2D eigenvalue weighted by Crippen LogP contribution is 2.25. The van der Waals surface area contributed by atoms with Gasteiger partial charge in [0.25, 0.3) is 5.91 Å². The fraction of sp³-hybridized carbons (Fsp3) is 0.250. The maximum absolute atomic E-state index is 12.8. The highest BCUT2D eigenvalue weighted by Gasteiger charge is 2.18. The second-order valence-corrected chi connectivity index (χ2v) is 6.04. The zero-order valence-corrected chi connectivity index (χ0v) is 14.7. The molecule has 2 aromatic carbocycles. The number of aromatic nitrogens is 2. The van der Waals surface area contributed by atoms with E-state index in [4.69, 9.17) is 0 Å². The second-order valence-electron chi connectivity index (χ2n) is 6.04. The van der Waals surface area contributed by atoms with Crippen LogP contribution in [0.3, 0.4) is 0 Å². The lowest BCUT2D eigenvalue weighted by Gasteiger charge is -2.19. The number of nitrogens with zero attached hydrogens (tertiary/aromatic N) is 3. The molecule has 0 radical (unpaired) electrons. The van der Waals surface area contributed by atoms with Gasteiger partial charge in [-0.2, -0.15) is 0 Å².